The van der Waals surface area contributed by atoms with Crippen LogP contribution in [0.5, 0.6) is 0 Å². The van der Waals surface area contributed by atoms with Gasteiger partial charge in [-0.1, -0.05) is 239 Å². The van der Waals surface area contributed by atoms with E-state index in [1.807, 2.05) is 27.2 Å². The molecule has 0 radical (unpaired) electrons. The molecule has 3 atom stereocenters. The van der Waals surface area contributed by atoms with Gasteiger partial charge in [-0.25, -0.2) is 4.57 Å². The van der Waals surface area contributed by atoms with E-state index in [4.69, 9.17) is 9.05 Å². The Labute approximate surface area is 431 Å². The number of amides is 1. The molecule has 0 heterocycles. The van der Waals surface area contributed by atoms with Gasteiger partial charge in [0.05, 0.1) is 39.9 Å². The van der Waals surface area contributed by atoms with Crippen molar-refractivity contribution < 1.29 is 32.9 Å². The molecule has 0 saturated carbocycles. The number of carbonyl (C=O) groups is 1. The van der Waals surface area contributed by atoms with E-state index in [0.29, 0.717) is 17.4 Å². The Morgan fingerprint density at radius 3 is 1.30 bits per heavy atom. The number of quaternary nitrogens is 1. The fourth-order valence-electron chi connectivity index (χ4n) is 7.57. The number of phosphoric ester groups is 1. The average molecular weight is 997 g/mol. The molecule has 8 nitrogen and oxygen atoms in total. The number of hydrogen-bond acceptors (Lipinski definition) is 5. The zero-order valence-corrected chi connectivity index (χ0v) is 46.6. The second-order valence-electron chi connectivity index (χ2n) is 19.9. The van der Waals surface area contributed by atoms with E-state index in [0.717, 1.165) is 89.9 Å². The molecule has 0 aliphatic heterocycles. The van der Waals surface area contributed by atoms with Crippen LogP contribution in [0.3, 0.4) is 0 Å². The molecule has 3 N–H and O–H groups in total. The van der Waals surface area contributed by atoms with E-state index >= 15 is 0 Å². The third-order valence-electron chi connectivity index (χ3n) is 12.0. The van der Waals surface area contributed by atoms with Crippen molar-refractivity contribution in [1.82, 2.24) is 5.32 Å². The molecule has 0 aromatic carbocycles. The maximum absolute atomic E-state index is 12.9. The highest BCUT2D eigenvalue weighted by Gasteiger charge is 2.27. The van der Waals surface area contributed by atoms with Gasteiger partial charge in [0, 0.05) is 6.42 Å². The molecule has 0 aromatic heterocycles. The van der Waals surface area contributed by atoms with Crippen LogP contribution < -0.4 is 5.32 Å². The molecule has 3 unspecified atom stereocenters. The van der Waals surface area contributed by atoms with E-state index in [1.165, 1.54) is 109 Å². The smallest absolute Gasteiger partial charge is 0.387 e. The number of aliphatic hydroxyl groups excluding tert-OH is 1. The van der Waals surface area contributed by atoms with Crippen LogP contribution in [0.4, 0.5) is 0 Å². The summed E-state index contributed by atoms with van der Waals surface area (Å²) in [6, 6.07) is -0.864. The molecule has 0 rings (SSSR count). The normalized spacial score (nSPS) is 14.8. The summed E-state index contributed by atoms with van der Waals surface area (Å²) in [7, 11) is 1.54. The molecule has 70 heavy (non-hydrogen) atoms. The lowest BCUT2D eigenvalue weighted by Gasteiger charge is -2.25. The number of allylic oxidation sites excluding steroid dienone is 17. The molecular weight excluding hydrogens is 888 g/mol. The third kappa shape index (κ3) is 53.0. The van der Waals surface area contributed by atoms with Gasteiger partial charge in [-0.15, -0.1) is 0 Å². The van der Waals surface area contributed by atoms with Gasteiger partial charge in [-0.3, -0.25) is 13.8 Å². The van der Waals surface area contributed by atoms with Gasteiger partial charge < -0.3 is 19.8 Å². The van der Waals surface area contributed by atoms with Crippen molar-refractivity contribution in [3.63, 3.8) is 0 Å². The van der Waals surface area contributed by atoms with Crippen LogP contribution >= 0.6 is 7.82 Å². The average Bonchev–Trinajstić information content (AvgIpc) is 3.32. The van der Waals surface area contributed by atoms with E-state index in [9.17, 15) is 19.4 Å². The zero-order valence-electron chi connectivity index (χ0n) is 45.7. The molecule has 0 bridgehead atoms. The quantitative estimate of drug-likeness (QED) is 0.0243. The summed E-state index contributed by atoms with van der Waals surface area (Å²) in [6.45, 7) is 4.56. The Bertz CT molecular complexity index is 1500. The topological polar surface area (TPSA) is 105 Å². The fourth-order valence-corrected chi connectivity index (χ4v) is 8.31. The predicted molar refractivity (Wildman–Crippen MR) is 304 cm³/mol. The number of nitrogens with one attached hydrogen (secondary N) is 1. The summed E-state index contributed by atoms with van der Waals surface area (Å²) in [5.41, 5.74) is 0. The van der Waals surface area contributed by atoms with Gasteiger partial charge in [0.25, 0.3) is 0 Å². The molecule has 0 aromatic rings. The van der Waals surface area contributed by atoms with Gasteiger partial charge >= 0.3 is 7.82 Å². The third-order valence-corrected chi connectivity index (χ3v) is 12.9. The second-order valence-corrected chi connectivity index (χ2v) is 21.4. The van der Waals surface area contributed by atoms with Crippen molar-refractivity contribution >= 4 is 13.7 Å². The highest BCUT2D eigenvalue weighted by molar-refractivity contribution is 7.47. The number of nitrogens with zero attached hydrogens (tertiary/aromatic N) is 1. The Kier molecular flexibility index (Phi) is 49.0. The van der Waals surface area contributed by atoms with Crippen LogP contribution in [0.1, 0.15) is 219 Å². The molecule has 9 heteroatoms. The molecule has 0 aliphatic rings. The number of rotatable bonds is 50. The van der Waals surface area contributed by atoms with E-state index in [1.54, 1.807) is 6.08 Å². The Morgan fingerprint density at radius 2 is 0.871 bits per heavy atom. The number of aliphatic hydroxyl groups is 1. The molecule has 402 valence electrons. The van der Waals surface area contributed by atoms with Crippen LogP contribution in [-0.4, -0.2) is 73.4 Å². The van der Waals surface area contributed by atoms with Crippen LogP contribution in [0.2, 0.25) is 0 Å². The lowest BCUT2D eigenvalue weighted by Crippen LogP contribution is -2.45. The predicted octanol–water partition coefficient (Wildman–Crippen LogP) is 17.2. The molecule has 0 saturated heterocycles. The number of likely N-dealkylation sites (N-methyl/N-ethyl adjacent to an activating group) is 1. The lowest BCUT2D eigenvalue weighted by atomic mass is 10.0. The minimum atomic E-state index is -4.34. The van der Waals surface area contributed by atoms with Crippen LogP contribution in [0.25, 0.3) is 0 Å². The zero-order chi connectivity index (χ0) is 51.3. The number of unbranched alkanes of at least 4 members (excludes halogenated alkanes) is 21. The van der Waals surface area contributed by atoms with Crippen LogP contribution in [0, 0.1) is 0 Å². The monoisotopic (exact) mass is 996 g/mol. The molecule has 0 fully saturated rings. The molecule has 1 amide bonds. The number of phosphoric acid groups is 1. The number of carbonyl (C=O) groups excluding carboxylic acids is 1. The molecule has 0 aliphatic carbocycles. The van der Waals surface area contributed by atoms with E-state index in [-0.39, 0.29) is 19.1 Å². The first-order chi connectivity index (χ1) is 34.0. The number of hydrogen-bond donors (Lipinski definition) is 3. The molecular formula is C61H108N2O6P+. The summed E-state index contributed by atoms with van der Waals surface area (Å²) in [4.78, 5) is 23.1. The van der Waals surface area contributed by atoms with Crippen molar-refractivity contribution in [2.45, 2.75) is 231 Å². The first kappa shape index (κ1) is 67.2. The summed E-state index contributed by atoms with van der Waals surface area (Å²) in [6.07, 6.45) is 75.3. The van der Waals surface area contributed by atoms with Crippen LogP contribution in [-0.2, 0) is 18.4 Å². The largest absolute Gasteiger partial charge is 0.472 e. The van der Waals surface area contributed by atoms with Gasteiger partial charge in [-0.2, -0.15) is 0 Å². The maximum atomic E-state index is 12.9. The summed E-state index contributed by atoms with van der Waals surface area (Å²) < 4.78 is 23.5. The lowest BCUT2D eigenvalue weighted by molar-refractivity contribution is -0.870. The van der Waals surface area contributed by atoms with Crippen molar-refractivity contribution in [1.29, 1.82) is 0 Å². The maximum Gasteiger partial charge on any atom is 0.472 e. The van der Waals surface area contributed by atoms with Crippen molar-refractivity contribution in [2.75, 3.05) is 40.9 Å². The van der Waals surface area contributed by atoms with Gasteiger partial charge in [-0.05, 0) is 83.5 Å². The second kappa shape index (κ2) is 51.1. The van der Waals surface area contributed by atoms with Crippen LogP contribution in [0.15, 0.2) is 109 Å². The SMILES string of the molecule is CC/C=C\C/C=C\C/C=C\C/C=C\C/C=C\C/C=C\C/C=C\CCCCCCCCCCCCCCCCCCCCCC(=O)NC(COP(=O)(O)OCC[N+](C)(C)C)C(O)/C=C/CC/C=C/CCC. The summed E-state index contributed by atoms with van der Waals surface area (Å²) in [5.74, 6) is -0.193. The highest BCUT2D eigenvalue weighted by Crippen LogP contribution is 2.43. The fraction of sp³-hybridized carbons (Fsp3) is 0.689. The first-order valence-corrected chi connectivity index (χ1v) is 29.8. The van der Waals surface area contributed by atoms with Crippen molar-refractivity contribution in [3.05, 3.63) is 109 Å². The molecule has 0 spiro atoms. The Hall–Kier alpha value is -2.84. The van der Waals surface area contributed by atoms with E-state index < -0.39 is 20.0 Å². The minimum Gasteiger partial charge on any atom is -0.387 e. The van der Waals surface area contributed by atoms with Gasteiger partial charge in [0.15, 0.2) is 0 Å². The standard InChI is InChI=1S/C61H107N2O6P/c1-6-8-10-12-14-15-16-17-18-19-20-21-22-23-24-25-26-27-28-29-30-31-32-33-34-35-36-37-38-39-40-41-42-43-44-45-46-47-49-51-53-55-61(65)62-59(60(64)54-52-50-48-13-11-9-7-2)58-69-70(66,67)68-57-56-63(3,4)5/h8,10-11,13-15,17-18,20-21,23-24,26-27,29-30,52,54,59-60,64H,6-7,9,12,16,19,22,25,28,31-51,53,55-58H2,1-5H3,(H-,62,65,66,67)/p+1/b10-8-,13-11+,15-14-,18-17-,21-20-,24-23-,27-26-,30-29-,54-52+. The van der Waals surface area contributed by atoms with E-state index in [2.05, 4.69) is 116 Å². The van der Waals surface area contributed by atoms with Gasteiger partial charge in [0.2, 0.25) is 5.91 Å². The van der Waals surface area contributed by atoms with Gasteiger partial charge in [0.1, 0.15) is 13.2 Å². The summed E-state index contributed by atoms with van der Waals surface area (Å²) in [5, 5.41) is 13.7. The minimum absolute atomic E-state index is 0.0528. The summed E-state index contributed by atoms with van der Waals surface area (Å²) >= 11 is 0. The first-order valence-electron chi connectivity index (χ1n) is 28.3. The van der Waals surface area contributed by atoms with Crippen molar-refractivity contribution in [3.8, 4) is 0 Å². The van der Waals surface area contributed by atoms with Crippen molar-refractivity contribution in [2.24, 2.45) is 0 Å². The highest BCUT2D eigenvalue weighted by atomic mass is 31.2. The Morgan fingerprint density at radius 1 is 0.500 bits per heavy atom. The Balaban J connectivity index is 3.83.